The quantitative estimate of drug-likeness (QED) is 0.535. The van der Waals surface area contributed by atoms with E-state index >= 15 is 0 Å². The van der Waals surface area contributed by atoms with Gasteiger partial charge in [0.1, 0.15) is 6.61 Å². The van der Waals surface area contributed by atoms with Crippen LogP contribution in [0.25, 0.3) is 0 Å². The van der Waals surface area contributed by atoms with Crippen LogP contribution in [0.2, 0.25) is 5.02 Å². The van der Waals surface area contributed by atoms with Gasteiger partial charge in [0.05, 0.1) is 17.8 Å². The Morgan fingerprint density at radius 1 is 0.960 bits per heavy atom. The van der Waals surface area contributed by atoms with Crippen molar-refractivity contribution in [1.82, 2.24) is 0 Å². The zero-order valence-corrected chi connectivity index (χ0v) is 14.6. The molecule has 0 amide bonds. The molecule has 0 saturated heterocycles. The van der Waals surface area contributed by atoms with Gasteiger partial charge in [-0.1, -0.05) is 60.1 Å². The van der Waals surface area contributed by atoms with Crippen molar-refractivity contribution in [1.29, 1.82) is 0 Å². The number of hydrogen-bond donors (Lipinski definition) is 0. The molecule has 0 aliphatic carbocycles. The highest BCUT2D eigenvalue weighted by atomic mass is 35.5. The van der Waals surface area contributed by atoms with E-state index in [2.05, 4.69) is 4.99 Å². The van der Waals surface area contributed by atoms with Gasteiger partial charge in [-0.25, -0.2) is 0 Å². The summed E-state index contributed by atoms with van der Waals surface area (Å²) >= 11 is 6.39. The fourth-order valence-corrected chi connectivity index (χ4v) is 2.62. The van der Waals surface area contributed by atoms with Gasteiger partial charge in [-0.3, -0.25) is 4.99 Å². The van der Waals surface area contributed by atoms with E-state index in [-0.39, 0.29) is 0 Å². The van der Waals surface area contributed by atoms with Gasteiger partial charge in [-0.2, -0.15) is 0 Å². The first kappa shape index (κ1) is 17.1. The van der Waals surface area contributed by atoms with Gasteiger partial charge in [0.25, 0.3) is 0 Å². The maximum atomic E-state index is 6.39. The molecule has 3 rings (SSSR count). The molecular formula is C21H18ClNO2. The summed E-state index contributed by atoms with van der Waals surface area (Å²) < 4.78 is 11.3. The van der Waals surface area contributed by atoms with E-state index in [0.29, 0.717) is 23.1 Å². The first-order chi connectivity index (χ1) is 12.3. The van der Waals surface area contributed by atoms with Crippen molar-refractivity contribution in [2.75, 3.05) is 7.11 Å². The first-order valence-electron chi connectivity index (χ1n) is 7.89. The second-order valence-electron chi connectivity index (χ2n) is 5.40. The fraction of sp³-hybridized carbons (Fsp3) is 0.0952. The molecule has 0 saturated carbocycles. The predicted molar refractivity (Wildman–Crippen MR) is 102 cm³/mol. The predicted octanol–water partition coefficient (Wildman–Crippen LogP) is 5.68. The van der Waals surface area contributed by atoms with Gasteiger partial charge in [0, 0.05) is 6.21 Å². The molecule has 0 aliphatic rings. The minimum Gasteiger partial charge on any atom is -0.493 e. The Balaban J connectivity index is 1.80. The molecule has 0 unspecified atom stereocenters. The molecule has 0 spiro atoms. The van der Waals surface area contributed by atoms with Crippen LogP contribution in [0.15, 0.2) is 77.8 Å². The summed E-state index contributed by atoms with van der Waals surface area (Å²) in [4.78, 5) is 4.44. The number of aliphatic imine (C=N–C) groups is 1. The Morgan fingerprint density at radius 3 is 2.32 bits per heavy atom. The normalized spacial score (nSPS) is 10.8. The minimum absolute atomic E-state index is 0.425. The molecule has 3 aromatic carbocycles. The molecule has 126 valence electrons. The fourth-order valence-electron chi connectivity index (χ4n) is 2.35. The Hall–Kier alpha value is -2.78. The topological polar surface area (TPSA) is 30.8 Å². The van der Waals surface area contributed by atoms with E-state index in [9.17, 15) is 0 Å². The highest BCUT2D eigenvalue weighted by molar-refractivity contribution is 6.32. The van der Waals surface area contributed by atoms with Crippen LogP contribution in [-0.4, -0.2) is 13.3 Å². The van der Waals surface area contributed by atoms with E-state index in [4.69, 9.17) is 21.1 Å². The van der Waals surface area contributed by atoms with E-state index in [1.165, 1.54) is 0 Å². The summed E-state index contributed by atoms with van der Waals surface area (Å²) in [5, 5.41) is 0.491. The minimum atomic E-state index is 0.425. The molecule has 0 bridgehead atoms. The maximum absolute atomic E-state index is 6.39. The van der Waals surface area contributed by atoms with Crippen molar-refractivity contribution in [2.24, 2.45) is 4.99 Å². The van der Waals surface area contributed by atoms with Gasteiger partial charge in [0.2, 0.25) is 0 Å². The summed E-state index contributed by atoms with van der Waals surface area (Å²) in [6.45, 7) is 0.425. The smallest absolute Gasteiger partial charge is 0.180 e. The van der Waals surface area contributed by atoms with Crippen molar-refractivity contribution in [3.63, 3.8) is 0 Å². The van der Waals surface area contributed by atoms with Crippen LogP contribution in [0.4, 0.5) is 5.69 Å². The summed E-state index contributed by atoms with van der Waals surface area (Å²) in [6.07, 6.45) is 1.75. The molecule has 0 aliphatic heterocycles. The molecule has 4 heteroatoms. The number of ether oxygens (including phenoxy) is 2. The Labute approximate surface area is 152 Å². The lowest BCUT2D eigenvalue weighted by atomic mass is 10.2. The number of methoxy groups -OCH3 is 1. The van der Waals surface area contributed by atoms with Crippen molar-refractivity contribution in [2.45, 2.75) is 6.61 Å². The summed E-state index contributed by atoms with van der Waals surface area (Å²) in [7, 11) is 1.60. The third kappa shape index (κ3) is 4.61. The van der Waals surface area contributed by atoms with Crippen LogP contribution in [0.1, 0.15) is 11.1 Å². The molecular weight excluding hydrogens is 334 g/mol. The number of benzene rings is 3. The average molecular weight is 352 g/mol. The highest BCUT2D eigenvalue weighted by Crippen LogP contribution is 2.36. The number of hydrogen-bond acceptors (Lipinski definition) is 3. The van der Waals surface area contributed by atoms with Crippen molar-refractivity contribution < 1.29 is 9.47 Å². The summed E-state index contributed by atoms with van der Waals surface area (Å²) in [5.74, 6) is 1.11. The lowest BCUT2D eigenvalue weighted by molar-refractivity contribution is 0.284. The van der Waals surface area contributed by atoms with Crippen LogP contribution >= 0.6 is 11.6 Å². The van der Waals surface area contributed by atoms with Gasteiger partial charge >= 0.3 is 0 Å². The Morgan fingerprint density at radius 2 is 1.64 bits per heavy atom. The zero-order chi connectivity index (χ0) is 17.5. The van der Waals surface area contributed by atoms with Crippen molar-refractivity contribution in [3.8, 4) is 11.5 Å². The summed E-state index contributed by atoms with van der Waals surface area (Å²) in [6, 6.07) is 23.3. The Bertz CT molecular complexity index is 849. The van der Waals surface area contributed by atoms with Gasteiger partial charge in [-0.15, -0.1) is 0 Å². The second kappa shape index (κ2) is 8.36. The standard InChI is InChI=1S/C21H18ClNO2/c1-24-20-13-17(14-23-18-10-6-3-7-11-18)12-19(22)21(20)25-15-16-8-4-2-5-9-16/h2-14H,15H2,1H3. The molecule has 25 heavy (non-hydrogen) atoms. The number of rotatable bonds is 6. The molecule has 3 aromatic rings. The highest BCUT2D eigenvalue weighted by Gasteiger charge is 2.11. The van der Waals surface area contributed by atoms with E-state index in [1.807, 2.05) is 72.8 Å². The maximum Gasteiger partial charge on any atom is 0.180 e. The van der Waals surface area contributed by atoms with Crippen LogP contribution in [-0.2, 0) is 6.61 Å². The van der Waals surface area contributed by atoms with Crippen LogP contribution in [0.3, 0.4) is 0 Å². The lowest BCUT2D eigenvalue weighted by Gasteiger charge is -2.13. The Kier molecular flexibility index (Phi) is 5.70. The number of nitrogens with zero attached hydrogens (tertiary/aromatic N) is 1. The lowest BCUT2D eigenvalue weighted by Crippen LogP contribution is -1.99. The second-order valence-corrected chi connectivity index (χ2v) is 5.81. The number of para-hydroxylation sites is 1. The monoisotopic (exact) mass is 351 g/mol. The molecule has 0 N–H and O–H groups in total. The molecule has 0 heterocycles. The van der Waals surface area contributed by atoms with E-state index < -0.39 is 0 Å². The van der Waals surface area contributed by atoms with Crippen molar-refractivity contribution in [3.05, 3.63) is 88.9 Å². The summed E-state index contributed by atoms with van der Waals surface area (Å²) in [5.41, 5.74) is 2.79. The van der Waals surface area contributed by atoms with Crippen molar-refractivity contribution >= 4 is 23.5 Å². The van der Waals surface area contributed by atoms with Crippen LogP contribution < -0.4 is 9.47 Å². The van der Waals surface area contributed by atoms with E-state index in [1.54, 1.807) is 13.3 Å². The van der Waals surface area contributed by atoms with Crippen LogP contribution in [0, 0.1) is 0 Å². The molecule has 0 fully saturated rings. The van der Waals surface area contributed by atoms with Crippen LogP contribution in [0.5, 0.6) is 11.5 Å². The SMILES string of the molecule is COc1cc(C=Nc2ccccc2)cc(Cl)c1OCc1ccccc1. The number of halogens is 1. The molecule has 0 aromatic heterocycles. The third-order valence-electron chi connectivity index (χ3n) is 3.60. The third-order valence-corrected chi connectivity index (χ3v) is 3.88. The molecule has 0 radical (unpaired) electrons. The first-order valence-corrected chi connectivity index (χ1v) is 8.27. The average Bonchev–Trinajstić information content (AvgIpc) is 2.66. The zero-order valence-electron chi connectivity index (χ0n) is 13.9. The van der Waals surface area contributed by atoms with E-state index in [0.717, 1.165) is 16.8 Å². The van der Waals surface area contributed by atoms with Gasteiger partial charge in [-0.05, 0) is 35.4 Å². The van der Waals surface area contributed by atoms with Gasteiger partial charge in [0.15, 0.2) is 11.5 Å². The van der Waals surface area contributed by atoms with Gasteiger partial charge < -0.3 is 9.47 Å². The molecule has 0 atom stereocenters. The largest absolute Gasteiger partial charge is 0.493 e. The molecule has 3 nitrogen and oxygen atoms in total.